The number of carbonyl (C=O) groups excluding carboxylic acids is 1. The molecule has 0 bridgehead atoms. The van der Waals surface area contributed by atoms with Crippen molar-refractivity contribution in [2.24, 2.45) is 0 Å². The molecular formula is C15H15ClFN3O. The molecule has 6 heteroatoms. The summed E-state index contributed by atoms with van der Waals surface area (Å²) >= 11 is 5.96. The van der Waals surface area contributed by atoms with E-state index in [2.05, 4.69) is 15.3 Å². The lowest BCUT2D eigenvalue weighted by Gasteiger charge is -2.09. The third kappa shape index (κ3) is 3.98. The number of carbonyl (C=O) groups is 1. The molecule has 1 amide bonds. The zero-order valence-corrected chi connectivity index (χ0v) is 12.5. The molecule has 2 aromatic rings. The molecule has 0 aliphatic carbocycles. The lowest BCUT2D eigenvalue weighted by Crippen LogP contribution is -2.25. The summed E-state index contributed by atoms with van der Waals surface area (Å²) in [7, 11) is 0. The average molecular weight is 308 g/mol. The van der Waals surface area contributed by atoms with Crippen LogP contribution in [-0.4, -0.2) is 15.9 Å². The molecule has 0 spiro atoms. The van der Waals surface area contributed by atoms with Crippen molar-refractivity contribution in [3.63, 3.8) is 0 Å². The Balaban J connectivity index is 2.09. The van der Waals surface area contributed by atoms with Gasteiger partial charge >= 0.3 is 0 Å². The first-order valence-electron chi connectivity index (χ1n) is 6.52. The van der Waals surface area contributed by atoms with Crippen molar-refractivity contribution in [2.45, 2.75) is 26.3 Å². The first-order valence-corrected chi connectivity index (χ1v) is 6.90. The van der Waals surface area contributed by atoms with E-state index >= 15 is 0 Å². The minimum atomic E-state index is -0.381. The van der Waals surface area contributed by atoms with E-state index in [-0.39, 0.29) is 34.9 Å². The smallest absolute Gasteiger partial charge is 0.271 e. The van der Waals surface area contributed by atoms with Gasteiger partial charge in [0, 0.05) is 12.5 Å². The Bertz CT molecular complexity index is 644. The summed E-state index contributed by atoms with van der Waals surface area (Å²) in [4.78, 5) is 20.4. The maximum Gasteiger partial charge on any atom is 0.271 e. The quantitative estimate of drug-likeness (QED) is 0.942. The van der Waals surface area contributed by atoms with Gasteiger partial charge in [-0.15, -0.1) is 0 Å². The number of aromatic nitrogens is 2. The molecule has 1 aromatic heterocycles. The molecule has 1 heterocycles. The van der Waals surface area contributed by atoms with E-state index in [1.807, 2.05) is 13.8 Å². The minimum absolute atomic E-state index is 0.103. The number of benzene rings is 1. The second-order valence-corrected chi connectivity index (χ2v) is 5.30. The van der Waals surface area contributed by atoms with Crippen LogP contribution in [0.5, 0.6) is 0 Å². The Morgan fingerprint density at radius 3 is 2.62 bits per heavy atom. The van der Waals surface area contributed by atoms with Gasteiger partial charge in [-0.1, -0.05) is 37.6 Å². The number of amides is 1. The molecule has 0 aliphatic rings. The Morgan fingerprint density at radius 1 is 1.33 bits per heavy atom. The maximum atomic E-state index is 12.8. The van der Waals surface area contributed by atoms with Crippen LogP contribution in [0.15, 0.2) is 30.5 Å². The lowest BCUT2D eigenvalue weighted by atomic mass is 10.2. The highest BCUT2D eigenvalue weighted by atomic mass is 35.5. The summed E-state index contributed by atoms with van der Waals surface area (Å²) in [6, 6.07) is 5.90. The summed E-state index contributed by atoms with van der Waals surface area (Å²) in [5, 5.41) is 2.91. The van der Waals surface area contributed by atoms with Gasteiger partial charge in [-0.3, -0.25) is 4.79 Å². The molecule has 0 atom stereocenters. The summed E-state index contributed by atoms with van der Waals surface area (Å²) in [5.41, 5.74) is 0.941. The van der Waals surface area contributed by atoms with Crippen molar-refractivity contribution in [3.05, 3.63) is 58.4 Å². The van der Waals surface area contributed by atoms with Gasteiger partial charge in [0.15, 0.2) is 0 Å². The molecule has 0 saturated heterocycles. The normalized spacial score (nSPS) is 10.7. The van der Waals surface area contributed by atoms with Gasteiger partial charge in [0.2, 0.25) is 0 Å². The van der Waals surface area contributed by atoms with E-state index in [1.165, 1.54) is 18.3 Å². The van der Waals surface area contributed by atoms with Crippen molar-refractivity contribution >= 4 is 17.5 Å². The standard InChI is InChI=1S/C15H15ClFN3O/c1-9(2)14-18-8-12(16)13(20-14)15(21)19-7-10-3-5-11(17)6-4-10/h3-6,8-9H,7H2,1-2H3,(H,19,21). The van der Waals surface area contributed by atoms with Crippen LogP contribution in [0, 0.1) is 5.82 Å². The lowest BCUT2D eigenvalue weighted by molar-refractivity contribution is 0.0945. The van der Waals surface area contributed by atoms with Crippen molar-refractivity contribution in [3.8, 4) is 0 Å². The van der Waals surface area contributed by atoms with E-state index < -0.39 is 0 Å². The predicted molar refractivity (Wildman–Crippen MR) is 78.7 cm³/mol. The Morgan fingerprint density at radius 2 is 2.00 bits per heavy atom. The molecule has 0 unspecified atom stereocenters. The number of halogens is 2. The molecule has 21 heavy (non-hydrogen) atoms. The Labute approximate surface area is 127 Å². The molecule has 0 saturated carbocycles. The molecule has 0 fully saturated rings. The van der Waals surface area contributed by atoms with Crippen LogP contribution in [0.2, 0.25) is 5.02 Å². The molecule has 4 nitrogen and oxygen atoms in total. The highest BCUT2D eigenvalue weighted by molar-refractivity contribution is 6.33. The monoisotopic (exact) mass is 307 g/mol. The number of hydrogen-bond acceptors (Lipinski definition) is 3. The average Bonchev–Trinajstić information content (AvgIpc) is 2.46. The van der Waals surface area contributed by atoms with Crippen LogP contribution in [0.25, 0.3) is 0 Å². The van der Waals surface area contributed by atoms with Crippen molar-refractivity contribution in [1.82, 2.24) is 15.3 Å². The number of nitrogens with zero attached hydrogens (tertiary/aromatic N) is 2. The second kappa shape index (κ2) is 6.63. The Hall–Kier alpha value is -2.01. The summed E-state index contributed by atoms with van der Waals surface area (Å²) < 4.78 is 12.8. The van der Waals surface area contributed by atoms with E-state index in [1.54, 1.807) is 12.1 Å². The van der Waals surface area contributed by atoms with Crippen LogP contribution in [-0.2, 0) is 6.54 Å². The van der Waals surface area contributed by atoms with Gasteiger partial charge in [-0.05, 0) is 17.7 Å². The van der Waals surface area contributed by atoms with E-state index in [0.29, 0.717) is 5.82 Å². The summed E-state index contributed by atoms with van der Waals surface area (Å²) in [6.07, 6.45) is 1.43. The number of hydrogen-bond donors (Lipinski definition) is 1. The molecule has 1 aromatic carbocycles. The van der Waals surface area contributed by atoms with Crippen LogP contribution in [0.3, 0.4) is 0 Å². The summed E-state index contributed by atoms with van der Waals surface area (Å²) in [6.45, 7) is 4.14. The van der Waals surface area contributed by atoms with Crippen molar-refractivity contribution in [1.29, 1.82) is 0 Å². The third-order valence-electron chi connectivity index (χ3n) is 2.86. The van der Waals surface area contributed by atoms with E-state index in [9.17, 15) is 9.18 Å². The molecule has 0 aliphatic heterocycles. The van der Waals surface area contributed by atoms with E-state index in [0.717, 1.165) is 5.56 Å². The molecule has 2 rings (SSSR count). The predicted octanol–water partition coefficient (Wildman–Crippen LogP) is 3.32. The summed E-state index contributed by atoms with van der Waals surface area (Å²) in [5.74, 6) is -0.0311. The zero-order chi connectivity index (χ0) is 15.4. The van der Waals surface area contributed by atoms with Crippen molar-refractivity contribution < 1.29 is 9.18 Å². The third-order valence-corrected chi connectivity index (χ3v) is 3.14. The molecule has 1 N–H and O–H groups in total. The molecule has 0 radical (unpaired) electrons. The first kappa shape index (κ1) is 15.4. The Kier molecular flexibility index (Phi) is 4.85. The van der Waals surface area contributed by atoms with E-state index in [4.69, 9.17) is 11.6 Å². The minimum Gasteiger partial charge on any atom is -0.347 e. The SMILES string of the molecule is CC(C)c1ncc(Cl)c(C(=O)NCc2ccc(F)cc2)n1. The van der Waals surface area contributed by atoms with Crippen LogP contribution < -0.4 is 5.32 Å². The topological polar surface area (TPSA) is 54.9 Å². The van der Waals surface area contributed by atoms with Crippen molar-refractivity contribution in [2.75, 3.05) is 0 Å². The van der Waals surface area contributed by atoms with Gasteiger partial charge in [0.25, 0.3) is 5.91 Å². The largest absolute Gasteiger partial charge is 0.347 e. The van der Waals surface area contributed by atoms with Gasteiger partial charge in [-0.2, -0.15) is 0 Å². The maximum absolute atomic E-state index is 12.8. The number of rotatable bonds is 4. The van der Waals surface area contributed by atoms with Gasteiger partial charge < -0.3 is 5.32 Å². The van der Waals surface area contributed by atoms with Crippen LogP contribution in [0.4, 0.5) is 4.39 Å². The van der Waals surface area contributed by atoms with Gasteiger partial charge in [-0.25, -0.2) is 14.4 Å². The highest BCUT2D eigenvalue weighted by Crippen LogP contribution is 2.16. The van der Waals surface area contributed by atoms with Crippen LogP contribution in [0.1, 0.15) is 41.6 Å². The molecule has 110 valence electrons. The zero-order valence-electron chi connectivity index (χ0n) is 11.7. The fourth-order valence-electron chi connectivity index (χ4n) is 1.69. The fraction of sp³-hybridized carbons (Fsp3) is 0.267. The van der Waals surface area contributed by atoms with Gasteiger partial charge in [0.05, 0.1) is 11.2 Å². The van der Waals surface area contributed by atoms with Gasteiger partial charge in [0.1, 0.15) is 17.3 Å². The van der Waals surface area contributed by atoms with Crippen LogP contribution >= 0.6 is 11.6 Å². The fourth-order valence-corrected chi connectivity index (χ4v) is 1.86. The second-order valence-electron chi connectivity index (χ2n) is 4.89. The first-order chi connectivity index (χ1) is 9.97. The highest BCUT2D eigenvalue weighted by Gasteiger charge is 2.15. The number of nitrogens with one attached hydrogen (secondary N) is 1. The molecular weight excluding hydrogens is 293 g/mol.